The summed E-state index contributed by atoms with van der Waals surface area (Å²) >= 11 is 1.38. The molecule has 0 spiro atoms. The Morgan fingerprint density at radius 2 is 2.20 bits per heavy atom. The number of hydrogen-bond acceptors (Lipinski definition) is 5. The molecule has 0 bridgehead atoms. The molecule has 5 nitrogen and oxygen atoms in total. The van der Waals surface area contributed by atoms with Crippen molar-refractivity contribution >= 4 is 22.4 Å². The summed E-state index contributed by atoms with van der Waals surface area (Å²) in [6.07, 6.45) is 8.27. The standard InChI is InChI=1S/C14H24N4OS/c1-15-14-17-10-12(20-14)13(19)16-8-9-18(2)11-6-4-3-5-7-11/h10-11H,3-9H2,1-2H3,(H,15,17)(H,16,19). The number of nitrogens with zero attached hydrogens (tertiary/aromatic N) is 2. The van der Waals surface area contributed by atoms with Crippen molar-refractivity contribution in [3.63, 3.8) is 0 Å². The Balaban J connectivity index is 1.70. The number of aromatic nitrogens is 1. The van der Waals surface area contributed by atoms with Gasteiger partial charge in [-0.3, -0.25) is 4.79 Å². The van der Waals surface area contributed by atoms with Crippen LogP contribution in [0.1, 0.15) is 41.8 Å². The van der Waals surface area contributed by atoms with Gasteiger partial charge in [0.25, 0.3) is 5.91 Å². The van der Waals surface area contributed by atoms with E-state index in [1.54, 1.807) is 13.2 Å². The van der Waals surface area contributed by atoms with E-state index in [4.69, 9.17) is 0 Å². The van der Waals surface area contributed by atoms with Gasteiger partial charge in [-0.25, -0.2) is 4.98 Å². The van der Waals surface area contributed by atoms with Gasteiger partial charge < -0.3 is 15.5 Å². The lowest BCUT2D eigenvalue weighted by molar-refractivity contribution is 0.0948. The van der Waals surface area contributed by atoms with Crippen molar-refractivity contribution in [3.05, 3.63) is 11.1 Å². The Labute approximate surface area is 124 Å². The first-order chi connectivity index (χ1) is 9.70. The third-order valence-electron chi connectivity index (χ3n) is 3.89. The first-order valence-electron chi connectivity index (χ1n) is 7.32. The van der Waals surface area contributed by atoms with E-state index in [9.17, 15) is 4.79 Å². The number of rotatable bonds is 6. The third kappa shape index (κ3) is 4.18. The molecule has 2 N–H and O–H groups in total. The van der Waals surface area contributed by atoms with Crippen molar-refractivity contribution in [2.45, 2.75) is 38.1 Å². The Morgan fingerprint density at radius 3 is 2.85 bits per heavy atom. The molecule has 0 radical (unpaired) electrons. The maximum atomic E-state index is 11.9. The zero-order valence-electron chi connectivity index (χ0n) is 12.3. The van der Waals surface area contributed by atoms with Crippen LogP contribution in [0.15, 0.2) is 6.20 Å². The summed E-state index contributed by atoms with van der Waals surface area (Å²) in [6, 6.07) is 0.694. The van der Waals surface area contributed by atoms with Gasteiger partial charge in [-0.15, -0.1) is 0 Å². The SMILES string of the molecule is CNc1ncc(C(=O)NCCN(C)C2CCCCC2)s1. The highest BCUT2D eigenvalue weighted by molar-refractivity contribution is 7.17. The number of thiazole rings is 1. The van der Waals surface area contributed by atoms with E-state index in [0.29, 0.717) is 17.5 Å². The summed E-state index contributed by atoms with van der Waals surface area (Å²) in [5.41, 5.74) is 0. The van der Waals surface area contributed by atoms with E-state index in [1.807, 2.05) is 0 Å². The van der Waals surface area contributed by atoms with Crippen LogP contribution in [0.25, 0.3) is 0 Å². The average Bonchev–Trinajstić information content (AvgIpc) is 2.97. The molecule has 1 aromatic heterocycles. The van der Waals surface area contributed by atoms with E-state index in [0.717, 1.165) is 11.7 Å². The van der Waals surface area contributed by atoms with Crippen LogP contribution >= 0.6 is 11.3 Å². The van der Waals surface area contributed by atoms with Gasteiger partial charge in [-0.1, -0.05) is 30.6 Å². The van der Waals surface area contributed by atoms with Crippen LogP contribution in [0.2, 0.25) is 0 Å². The highest BCUT2D eigenvalue weighted by atomic mass is 32.1. The molecular weight excluding hydrogens is 272 g/mol. The molecule has 0 aliphatic heterocycles. The highest BCUT2D eigenvalue weighted by Crippen LogP contribution is 2.21. The highest BCUT2D eigenvalue weighted by Gasteiger charge is 2.17. The summed E-state index contributed by atoms with van der Waals surface area (Å²) in [4.78, 5) is 19.1. The maximum absolute atomic E-state index is 11.9. The number of hydrogen-bond donors (Lipinski definition) is 2. The van der Waals surface area contributed by atoms with Gasteiger partial charge in [0.05, 0.1) is 6.20 Å². The number of anilines is 1. The molecule has 0 saturated heterocycles. The molecule has 112 valence electrons. The number of amides is 1. The minimum Gasteiger partial charge on any atom is -0.365 e. The predicted molar refractivity (Wildman–Crippen MR) is 83.5 cm³/mol. The lowest BCUT2D eigenvalue weighted by Gasteiger charge is -2.31. The monoisotopic (exact) mass is 296 g/mol. The van der Waals surface area contributed by atoms with Gasteiger partial charge in [-0.2, -0.15) is 0 Å². The van der Waals surface area contributed by atoms with Gasteiger partial charge >= 0.3 is 0 Å². The second-order valence-corrected chi connectivity index (χ2v) is 6.34. The number of carbonyl (C=O) groups is 1. The Kier molecular flexibility index (Phi) is 5.79. The van der Waals surface area contributed by atoms with E-state index in [1.165, 1.54) is 43.4 Å². The van der Waals surface area contributed by atoms with Gasteiger partial charge in [0, 0.05) is 26.2 Å². The van der Waals surface area contributed by atoms with Crippen LogP contribution in [0, 0.1) is 0 Å². The van der Waals surface area contributed by atoms with Crippen LogP contribution in [0.3, 0.4) is 0 Å². The van der Waals surface area contributed by atoms with Crippen molar-refractivity contribution in [3.8, 4) is 0 Å². The minimum atomic E-state index is -0.0268. The van der Waals surface area contributed by atoms with E-state index < -0.39 is 0 Å². The van der Waals surface area contributed by atoms with Crippen LogP contribution in [0.4, 0.5) is 5.13 Å². The molecule has 1 aliphatic rings. The molecule has 6 heteroatoms. The van der Waals surface area contributed by atoms with Crippen molar-refractivity contribution < 1.29 is 4.79 Å². The van der Waals surface area contributed by atoms with Gasteiger partial charge in [0.2, 0.25) is 0 Å². The lowest BCUT2D eigenvalue weighted by Crippen LogP contribution is -2.39. The van der Waals surface area contributed by atoms with Gasteiger partial charge in [0.15, 0.2) is 5.13 Å². The van der Waals surface area contributed by atoms with E-state index >= 15 is 0 Å². The third-order valence-corrected chi connectivity index (χ3v) is 4.91. The number of likely N-dealkylation sites (N-methyl/N-ethyl adjacent to an activating group) is 1. The molecule has 1 aliphatic carbocycles. The fraction of sp³-hybridized carbons (Fsp3) is 0.714. The van der Waals surface area contributed by atoms with Crippen LogP contribution in [-0.4, -0.2) is 49.0 Å². The second-order valence-electron chi connectivity index (χ2n) is 5.31. The Hall–Kier alpha value is -1.14. The van der Waals surface area contributed by atoms with Crippen LogP contribution in [0.5, 0.6) is 0 Å². The summed E-state index contributed by atoms with van der Waals surface area (Å²) in [5.74, 6) is -0.0268. The fourth-order valence-corrected chi connectivity index (χ4v) is 3.32. The zero-order chi connectivity index (χ0) is 14.4. The summed E-state index contributed by atoms with van der Waals surface area (Å²) in [5, 5.41) is 6.68. The van der Waals surface area contributed by atoms with E-state index in [2.05, 4.69) is 27.6 Å². The van der Waals surface area contributed by atoms with Gasteiger partial charge in [0.1, 0.15) is 4.88 Å². The molecule has 1 amide bonds. The van der Waals surface area contributed by atoms with Crippen molar-refractivity contribution in [1.82, 2.24) is 15.2 Å². The predicted octanol–water partition coefficient (Wildman–Crippen LogP) is 2.18. The van der Waals surface area contributed by atoms with Crippen molar-refractivity contribution in [1.29, 1.82) is 0 Å². The molecule has 0 unspecified atom stereocenters. The smallest absolute Gasteiger partial charge is 0.263 e. The average molecular weight is 296 g/mol. The maximum Gasteiger partial charge on any atom is 0.263 e. The number of nitrogens with one attached hydrogen (secondary N) is 2. The van der Waals surface area contributed by atoms with Crippen LogP contribution in [-0.2, 0) is 0 Å². The normalized spacial score (nSPS) is 16.4. The molecule has 1 aromatic rings. The van der Waals surface area contributed by atoms with Crippen LogP contribution < -0.4 is 10.6 Å². The molecule has 2 rings (SSSR count). The molecular formula is C14H24N4OS. The topological polar surface area (TPSA) is 57.3 Å². The zero-order valence-corrected chi connectivity index (χ0v) is 13.1. The lowest BCUT2D eigenvalue weighted by atomic mass is 9.94. The molecule has 0 aromatic carbocycles. The molecule has 1 heterocycles. The summed E-state index contributed by atoms with van der Waals surface area (Å²) in [7, 11) is 3.97. The second kappa shape index (κ2) is 7.59. The van der Waals surface area contributed by atoms with E-state index in [-0.39, 0.29) is 5.91 Å². The first kappa shape index (κ1) is 15.3. The molecule has 20 heavy (non-hydrogen) atoms. The molecule has 1 saturated carbocycles. The van der Waals surface area contributed by atoms with Crippen molar-refractivity contribution in [2.24, 2.45) is 0 Å². The quantitative estimate of drug-likeness (QED) is 0.845. The van der Waals surface area contributed by atoms with Gasteiger partial charge in [-0.05, 0) is 19.9 Å². The fourth-order valence-electron chi connectivity index (χ4n) is 2.63. The first-order valence-corrected chi connectivity index (χ1v) is 8.14. The van der Waals surface area contributed by atoms with Crippen molar-refractivity contribution in [2.75, 3.05) is 32.5 Å². The minimum absolute atomic E-state index is 0.0268. The Morgan fingerprint density at radius 1 is 1.45 bits per heavy atom. The Bertz CT molecular complexity index is 429. The molecule has 1 fully saturated rings. The number of carbonyl (C=O) groups excluding carboxylic acids is 1. The molecule has 0 atom stereocenters. The summed E-state index contributed by atoms with van der Waals surface area (Å²) < 4.78 is 0. The largest absolute Gasteiger partial charge is 0.365 e. The summed E-state index contributed by atoms with van der Waals surface area (Å²) in [6.45, 7) is 1.60.